The highest BCUT2D eigenvalue weighted by atomic mass is 35.5. The molecule has 4 aromatic heterocycles. The number of aliphatic hydroxyl groups is 1. The fraction of sp³-hybridized carbons (Fsp3) is 0.128. The molecule has 0 aliphatic rings. The highest BCUT2D eigenvalue weighted by Gasteiger charge is 2.22. The molecule has 3 N–H and O–H groups in total. The van der Waals surface area contributed by atoms with Gasteiger partial charge in [0.05, 0.1) is 85.5 Å². The maximum atomic E-state index is 11.4. The highest BCUT2D eigenvalue weighted by molar-refractivity contribution is 6.33. The van der Waals surface area contributed by atoms with Crippen molar-refractivity contribution < 1.29 is 10.0 Å². The van der Waals surface area contributed by atoms with Gasteiger partial charge >= 0.3 is 0 Å². The minimum Gasteiger partial charge on any atom is -0.399 e. The zero-order valence-electron chi connectivity index (χ0n) is 30.4. The first kappa shape index (κ1) is 43.0. The summed E-state index contributed by atoms with van der Waals surface area (Å²) in [5, 5.41) is 37.3. The first-order chi connectivity index (χ1) is 27.4. The van der Waals surface area contributed by atoms with Gasteiger partial charge in [0.1, 0.15) is 0 Å². The molecule has 58 heavy (non-hydrogen) atoms. The summed E-state index contributed by atoms with van der Waals surface area (Å²) < 4.78 is 6.76. The van der Waals surface area contributed by atoms with E-state index in [1.807, 2.05) is 67.1 Å². The molecule has 8 aromatic rings. The Morgan fingerprint density at radius 3 is 1.52 bits per heavy atom. The molecule has 0 spiro atoms. The smallest absolute Gasteiger partial charge is 0.273 e. The van der Waals surface area contributed by atoms with Crippen LogP contribution in [0.3, 0.4) is 0 Å². The van der Waals surface area contributed by atoms with Gasteiger partial charge < -0.3 is 20.0 Å². The van der Waals surface area contributed by atoms with Gasteiger partial charge in [0, 0.05) is 58.0 Å². The molecule has 4 heterocycles. The summed E-state index contributed by atoms with van der Waals surface area (Å²) in [4.78, 5) is 19.4. The number of anilines is 1. The Labute approximate surface area is 353 Å². The fourth-order valence-electron chi connectivity index (χ4n) is 5.66. The van der Waals surface area contributed by atoms with Crippen LogP contribution in [0.4, 0.5) is 11.4 Å². The van der Waals surface area contributed by atoms with E-state index < -0.39 is 4.92 Å². The summed E-state index contributed by atoms with van der Waals surface area (Å²) >= 11 is 24.9. The number of hydrogen-bond acceptors (Lipinski definition) is 10. The summed E-state index contributed by atoms with van der Waals surface area (Å²) in [6.45, 7) is 5.68. The molecule has 8 rings (SSSR count). The monoisotopic (exact) mass is 860 g/mol. The zero-order chi connectivity index (χ0) is 40.8. The second-order valence-corrected chi connectivity index (χ2v) is 13.8. The summed E-state index contributed by atoms with van der Waals surface area (Å²) in [7, 11) is 0. The van der Waals surface area contributed by atoms with Gasteiger partial charge in [-0.25, -0.2) is 19.3 Å². The number of non-ortho nitro benzene ring substituents is 1. The van der Waals surface area contributed by atoms with Crippen LogP contribution < -0.4 is 5.73 Å². The average molecular weight is 863 g/mol. The van der Waals surface area contributed by atoms with Crippen LogP contribution in [0.25, 0.3) is 45.3 Å². The largest absolute Gasteiger partial charge is 0.399 e. The number of aliphatic hydroxyl groups excluding tert-OH is 1. The number of nitrogen functional groups attached to an aromatic ring is 1. The van der Waals surface area contributed by atoms with E-state index in [1.165, 1.54) is 16.8 Å². The average Bonchev–Trinajstić information content (AvgIpc) is 4.01. The molecule has 4 aromatic carbocycles. The van der Waals surface area contributed by atoms with Gasteiger partial charge in [-0.1, -0.05) is 88.5 Å². The third-order valence-electron chi connectivity index (χ3n) is 8.08. The maximum absolute atomic E-state index is 11.4. The minimum absolute atomic E-state index is 0. The molecule has 0 fully saturated rings. The van der Waals surface area contributed by atoms with Crippen LogP contribution in [0.1, 0.15) is 25.7 Å². The van der Waals surface area contributed by atoms with Gasteiger partial charge in [-0.2, -0.15) is 0 Å². The number of nitrogens with zero attached hydrogens (tertiary/aromatic N) is 11. The number of aryl methyl sites for hydroxylation is 2. The van der Waals surface area contributed by atoms with E-state index in [-0.39, 0.29) is 24.7 Å². The summed E-state index contributed by atoms with van der Waals surface area (Å²) in [5.74, 6) is 0. The predicted octanol–water partition coefficient (Wildman–Crippen LogP) is 9.60. The molecule has 0 atom stereocenters. The highest BCUT2D eigenvalue weighted by Crippen LogP contribution is 2.36. The molecule has 0 aliphatic carbocycles. The van der Waals surface area contributed by atoms with Crippen LogP contribution in [0.5, 0.6) is 0 Å². The normalized spacial score (nSPS) is 10.6. The van der Waals surface area contributed by atoms with E-state index in [4.69, 9.17) is 57.2 Å². The maximum Gasteiger partial charge on any atom is 0.273 e. The Hall–Kier alpha value is -6.10. The second kappa shape index (κ2) is 18.9. The molecular formula is C39H36Cl4N12O3. The van der Waals surface area contributed by atoms with E-state index in [2.05, 4.69) is 30.6 Å². The van der Waals surface area contributed by atoms with Crippen LogP contribution in [0.2, 0.25) is 20.1 Å². The molecule has 0 unspecified atom stereocenters. The number of hydrogen-bond donors (Lipinski definition) is 2. The van der Waals surface area contributed by atoms with Crippen molar-refractivity contribution in [3.05, 3.63) is 152 Å². The van der Waals surface area contributed by atoms with E-state index >= 15 is 0 Å². The van der Waals surface area contributed by atoms with Crippen LogP contribution >= 0.6 is 46.4 Å². The third-order valence-corrected chi connectivity index (χ3v) is 9.16. The summed E-state index contributed by atoms with van der Waals surface area (Å²) in [6.07, 6.45) is 10.2. The van der Waals surface area contributed by atoms with Crippen LogP contribution in [0.15, 0.2) is 110 Å². The van der Waals surface area contributed by atoms with E-state index in [1.54, 1.807) is 65.6 Å². The molecular weight excluding hydrogens is 826 g/mol. The molecule has 0 amide bonds. The SMILES string of the molecule is C.CCO.Cc1cn(-c2c(Cl)cc(N)cc2-n2nncc2-c2ccc(Cl)cc2)cn1.Cc1cn(-c2c(Cl)cc([N+](=O)[O-])cc2-n2nncc2-c2ccc(Cl)cc2)cn1. The lowest BCUT2D eigenvalue weighted by Gasteiger charge is -2.15. The topological polar surface area (TPSA) is 186 Å². The Morgan fingerprint density at radius 2 is 1.12 bits per heavy atom. The number of nitro benzene ring substituents is 1. The zero-order valence-corrected chi connectivity index (χ0v) is 33.4. The Balaban J connectivity index is 0.000000204. The van der Waals surface area contributed by atoms with Crippen LogP contribution in [-0.4, -0.2) is 65.7 Å². The van der Waals surface area contributed by atoms with Crippen molar-refractivity contribution in [2.75, 3.05) is 12.3 Å². The van der Waals surface area contributed by atoms with E-state index in [9.17, 15) is 10.1 Å². The van der Waals surface area contributed by atoms with Gasteiger partial charge in [-0.3, -0.25) is 10.1 Å². The van der Waals surface area contributed by atoms with Gasteiger partial charge in [-0.05, 0) is 57.2 Å². The minimum atomic E-state index is -0.503. The molecule has 19 heteroatoms. The van der Waals surface area contributed by atoms with Crippen LogP contribution in [-0.2, 0) is 0 Å². The van der Waals surface area contributed by atoms with E-state index in [0.29, 0.717) is 43.5 Å². The van der Waals surface area contributed by atoms with Crippen molar-refractivity contribution in [2.24, 2.45) is 0 Å². The molecule has 0 saturated carbocycles. The fourth-order valence-corrected chi connectivity index (χ4v) is 6.54. The predicted molar refractivity (Wildman–Crippen MR) is 228 cm³/mol. The molecule has 298 valence electrons. The molecule has 0 saturated heterocycles. The summed E-state index contributed by atoms with van der Waals surface area (Å²) in [6, 6.07) is 20.8. The molecule has 15 nitrogen and oxygen atoms in total. The molecule has 0 bridgehead atoms. The number of rotatable bonds is 7. The number of nitrogens with two attached hydrogens (primary N) is 1. The van der Waals surface area contributed by atoms with Gasteiger partial charge in [0.2, 0.25) is 0 Å². The number of aromatic nitrogens is 10. The van der Waals surface area contributed by atoms with Crippen molar-refractivity contribution in [3.63, 3.8) is 0 Å². The van der Waals surface area contributed by atoms with Gasteiger partial charge in [0.15, 0.2) is 0 Å². The lowest BCUT2D eigenvalue weighted by Crippen LogP contribution is -2.07. The summed E-state index contributed by atoms with van der Waals surface area (Å²) in [5.41, 5.74) is 13.5. The third kappa shape index (κ3) is 9.53. The number of imidazole rings is 2. The van der Waals surface area contributed by atoms with Crippen molar-refractivity contribution in [1.29, 1.82) is 0 Å². The Kier molecular flexibility index (Phi) is 14.0. The lowest BCUT2D eigenvalue weighted by molar-refractivity contribution is -0.384. The Morgan fingerprint density at radius 1 is 0.707 bits per heavy atom. The van der Waals surface area contributed by atoms with Gasteiger partial charge in [-0.15, -0.1) is 10.2 Å². The van der Waals surface area contributed by atoms with Crippen molar-refractivity contribution in [2.45, 2.75) is 28.2 Å². The van der Waals surface area contributed by atoms with Crippen molar-refractivity contribution >= 4 is 57.8 Å². The van der Waals surface area contributed by atoms with E-state index in [0.717, 1.165) is 33.9 Å². The quantitative estimate of drug-likeness (QED) is 0.0888. The molecule has 0 aliphatic heterocycles. The Bertz CT molecular complexity index is 2650. The molecule has 0 radical (unpaired) electrons. The van der Waals surface area contributed by atoms with Crippen LogP contribution in [0, 0.1) is 24.0 Å². The first-order valence-corrected chi connectivity index (χ1v) is 18.4. The van der Waals surface area contributed by atoms with Crippen molar-refractivity contribution in [1.82, 2.24) is 49.1 Å². The lowest BCUT2D eigenvalue weighted by atomic mass is 10.1. The standard InChI is InChI=1S/C18H12Cl2N6O2.C18H14Cl2N6.C2H6O.CH4/c1-11-9-24(10-21-11)18-15(20)6-14(26(27)28)7-16(18)25-17(8-22-23-25)12-2-4-13(19)5-3-12;1-11-9-25(10-22-11)18-15(20)6-14(21)7-16(18)26-17(8-23-24-26)12-2-4-13(19)5-3-12;1-2-3;/h2-10H,1H3;2-10H,21H2,1H3;3H,2H2,1H3;1H4. The second-order valence-electron chi connectivity index (χ2n) is 12.2. The number of halogens is 4. The number of benzene rings is 4. The first-order valence-electron chi connectivity index (χ1n) is 16.9. The number of nitro groups is 1. The van der Waals surface area contributed by atoms with Crippen molar-refractivity contribution in [3.8, 4) is 45.3 Å². The van der Waals surface area contributed by atoms with Gasteiger partial charge in [0.25, 0.3) is 5.69 Å².